The second-order valence-electron chi connectivity index (χ2n) is 4.80. The molecule has 1 atom stereocenters. The topological polar surface area (TPSA) is 47.7 Å². The van der Waals surface area contributed by atoms with Gasteiger partial charge in [0.2, 0.25) is 0 Å². The molecular weight excluding hydrogens is 216 g/mol. The lowest BCUT2D eigenvalue weighted by atomic mass is 10.0. The van der Waals surface area contributed by atoms with Crippen molar-refractivity contribution in [3.8, 4) is 0 Å². The summed E-state index contributed by atoms with van der Waals surface area (Å²) >= 11 is 0. The Morgan fingerprint density at radius 3 is 2.06 bits per heavy atom. The van der Waals surface area contributed by atoms with E-state index in [-0.39, 0.29) is 12.3 Å². The number of ether oxygens (including phenoxy) is 2. The van der Waals surface area contributed by atoms with Crippen LogP contribution in [-0.4, -0.2) is 50.6 Å². The van der Waals surface area contributed by atoms with Crippen molar-refractivity contribution in [3.05, 3.63) is 0 Å². The predicted octanol–water partition coefficient (Wildman–Crippen LogP) is 1.69. The predicted molar refractivity (Wildman–Crippen MR) is 72.0 cm³/mol. The molecule has 0 aromatic carbocycles. The third-order valence-corrected chi connectivity index (χ3v) is 2.87. The van der Waals surface area contributed by atoms with Crippen LogP contribution < -0.4 is 5.73 Å². The van der Waals surface area contributed by atoms with E-state index in [1.54, 1.807) is 0 Å². The molecule has 0 aliphatic rings. The lowest BCUT2D eigenvalue weighted by molar-refractivity contribution is -0.145. The van der Waals surface area contributed by atoms with Crippen molar-refractivity contribution in [2.75, 3.05) is 33.4 Å². The smallest absolute Gasteiger partial charge is 0.170 e. The number of hydrogen-bond donors (Lipinski definition) is 1. The van der Waals surface area contributed by atoms with Gasteiger partial charge < -0.3 is 20.1 Å². The van der Waals surface area contributed by atoms with Gasteiger partial charge in [0.05, 0.1) is 0 Å². The van der Waals surface area contributed by atoms with E-state index in [2.05, 4.69) is 25.8 Å². The Kier molecular flexibility index (Phi) is 9.74. The Bertz CT molecular complexity index is 171. The van der Waals surface area contributed by atoms with Gasteiger partial charge in [0.15, 0.2) is 6.29 Å². The van der Waals surface area contributed by atoms with Crippen molar-refractivity contribution in [1.29, 1.82) is 0 Å². The summed E-state index contributed by atoms with van der Waals surface area (Å²) in [5, 5.41) is 0. The summed E-state index contributed by atoms with van der Waals surface area (Å²) in [6, 6.07) is 0.273. The number of nitrogens with zero attached hydrogens (tertiary/aromatic N) is 1. The minimum absolute atomic E-state index is 0.120. The quantitative estimate of drug-likeness (QED) is 0.596. The molecule has 0 aliphatic carbocycles. The molecule has 2 N–H and O–H groups in total. The molecule has 0 aromatic heterocycles. The molecule has 0 amide bonds. The highest BCUT2D eigenvalue weighted by molar-refractivity contribution is 4.67. The van der Waals surface area contributed by atoms with Gasteiger partial charge in [0.1, 0.15) is 0 Å². The highest BCUT2D eigenvalue weighted by Crippen LogP contribution is 2.05. The Hall–Kier alpha value is -0.160. The van der Waals surface area contributed by atoms with E-state index in [1.807, 2.05) is 13.8 Å². The van der Waals surface area contributed by atoms with Crippen LogP contribution >= 0.6 is 0 Å². The fourth-order valence-corrected chi connectivity index (χ4v) is 1.57. The number of rotatable bonds is 10. The van der Waals surface area contributed by atoms with Crippen molar-refractivity contribution in [2.24, 2.45) is 11.7 Å². The number of hydrogen-bond acceptors (Lipinski definition) is 4. The minimum Gasteiger partial charge on any atom is -0.352 e. The van der Waals surface area contributed by atoms with Gasteiger partial charge in [0.25, 0.3) is 0 Å². The summed E-state index contributed by atoms with van der Waals surface area (Å²) < 4.78 is 11.0. The van der Waals surface area contributed by atoms with E-state index in [0.29, 0.717) is 19.1 Å². The standard InChI is InChI=1S/C13H30N2O2/c1-6-16-13(17-7-2)10-15(5)9-8-12(14)11(3)4/h11-13H,6-10,14H2,1-5H3. The van der Waals surface area contributed by atoms with Crippen molar-refractivity contribution < 1.29 is 9.47 Å². The second kappa shape index (κ2) is 9.83. The highest BCUT2D eigenvalue weighted by Gasteiger charge is 2.13. The van der Waals surface area contributed by atoms with E-state index in [0.717, 1.165) is 19.5 Å². The largest absolute Gasteiger partial charge is 0.352 e. The van der Waals surface area contributed by atoms with Crippen molar-refractivity contribution in [3.63, 3.8) is 0 Å². The number of nitrogens with two attached hydrogens (primary N) is 1. The maximum Gasteiger partial charge on any atom is 0.170 e. The summed E-state index contributed by atoms with van der Waals surface area (Å²) in [4.78, 5) is 2.22. The molecule has 0 saturated carbocycles. The molecule has 4 nitrogen and oxygen atoms in total. The van der Waals surface area contributed by atoms with Crippen molar-refractivity contribution in [2.45, 2.75) is 46.4 Å². The van der Waals surface area contributed by atoms with Gasteiger partial charge in [-0.2, -0.15) is 0 Å². The lowest BCUT2D eigenvalue weighted by Crippen LogP contribution is -2.37. The van der Waals surface area contributed by atoms with Gasteiger partial charge in [-0.1, -0.05) is 13.8 Å². The monoisotopic (exact) mass is 246 g/mol. The van der Waals surface area contributed by atoms with Crippen LogP contribution in [0.3, 0.4) is 0 Å². The van der Waals surface area contributed by atoms with Gasteiger partial charge in [-0.15, -0.1) is 0 Å². The molecule has 0 heterocycles. The maximum atomic E-state index is 6.02. The third-order valence-electron chi connectivity index (χ3n) is 2.87. The molecule has 0 rings (SSSR count). The molecule has 0 aliphatic heterocycles. The molecule has 4 heteroatoms. The molecule has 0 radical (unpaired) electrons. The van der Waals surface area contributed by atoms with Gasteiger partial charge in [0, 0.05) is 25.8 Å². The molecule has 0 aromatic rings. The fraction of sp³-hybridized carbons (Fsp3) is 1.00. The third kappa shape index (κ3) is 8.55. The number of likely N-dealkylation sites (N-methyl/N-ethyl adjacent to an activating group) is 1. The summed E-state index contributed by atoms with van der Waals surface area (Å²) in [6.45, 7) is 11.4. The van der Waals surface area contributed by atoms with Crippen LogP contribution in [0.4, 0.5) is 0 Å². The van der Waals surface area contributed by atoms with Crippen LogP contribution in [0.15, 0.2) is 0 Å². The summed E-state index contributed by atoms with van der Waals surface area (Å²) in [5.74, 6) is 0.540. The van der Waals surface area contributed by atoms with Crippen LogP contribution in [0.5, 0.6) is 0 Å². The normalized spacial score (nSPS) is 13.9. The van der Waals surface area contributed by atoms with Crippen molar-refractivity contribution >= 4 is 0 Å². The molecule has 0 fully saturated rings. The maximum absolute atomic E-state index is 6.02. The molecule has 0 bridgehead atoms. The SMILES string of the molecule is CCOC(CN(C)CCC(N)C(C)C)OCC. The minimum atomic E-state index is -0.120. The average Bonchev–Trinajstić information content (AvgIpc) is 2.26. The molecule has 1 unspecified atom stereocenters. The van der Waals surface area contributed by atoms with Crippen LogP contribution in [0.1, 0.15) is 34.1 Å². The summed E-state index contributed by atoms with van der Waals surface area (Å²) in [6.07, 6.45) is 0.893. The van der Waals surface area contributed by atoms with E-state index < -0.39 is 0 Å². The summed E-state index contributed by atoms with van der Waals surface area (Å²) in [5.41, 5.74) is 6.02. The highest BCUT2D eigenvalue weighted by atomic mass is 16.7. The molecule has 0 saturated heterocycles. The zero-order chi connectivity index (χ0) is 13.3. The van der Waals surface area contributed by atoms with Gasteiger partial charge in [-0.25, -0.2) is 0 Å². The van der Waals surface area contributed by atoms with E-state index in [4.69, 9.17) is 15.2 Å². The molecular formula is C13H30N2O2. The van der Waals surface area contributed by atoms with Crippen LogP contribution in [0.2, 0.25) is 0 Å². The van der Waals surface area contributed by atoms with E-state index in [1.165, 1.54) is 0 Å². The average molecular weight is 246 g/mol. The van der Waals surface area contributed by atoms with Crippen LogP contribution in [0.25, 0.3) is 0 Å². The first-order chi connectivity index (χ1) is 8.01. The van der Waals surface area contributed by atoms with Gasteiger partial charge >= 0.3 is 0 Å². The first-order valence-electron chi connectivity index (χ1n) is 6.68. The lowest BCUT2D eigenvalue weighted by Gasteiger charge is -2.25. The van der Waals surface area contributed by atoms with E-state index >= 15 is 0 Å². The zero-order valence-corrected chi connectivity index (χ0v) is 12.1. The summed E-state index contributed by atoms with van der Waals surface area (Å²) in [7, 11) is 2.08. The Balaban J connectivity index is 3.84. The fourth-order valence-electron chi connectivity index (χ4n) is 1.57. The van der Waals surface area contributed by atoms with Crippen LogP contribution in [-0.2, 0) is 9.47 Å². The Morgan fingerprint density at radius 2 is 1.65 bits per heavy atom. The Labute approximate surface area is 106 Å². The first-order valence-corrected chi connectivity index (χ1v) is 6.68. The first kappa shape index (κ1) is 16.8. The molecule has 17 heavy (non-hydrogen) atoms. The second-order valence-corrected chi connectivity index (χ2v) is 4.80. The van der Waals surface area contributed by atoms with Gasteiger partial charge in [-0.05, 0) is 39.8 Å². The van der Waals surface area contributed by atoms with E-state index in [9.17, 15) is 0 Å². The van der Waals surface area contributed by atoms with Crippen molar-refractivity contribution in [1.82, 2.24) is 4.90 Å². The van der Waals surface area contributed by atoms with Gasteiger partial charge in [-0.3, -0.25) is 0 Å². The Morgan fingerprint density at radius 1 is 1.12 bits per heavy atom. The zero-order valence-electron chi connectivity index (χ0n) is 12.1. The molecule has 104 valence electrons. The molecule has 0 spiro atoms. The van der Waals surface area contributed by atoms with Crippen LogP contribution in [0, 0.1) is 5.92 Å².